The van der Waals surface area contributed by atoms with E-state index in [1.165, 1.54) is 16.7 Å². The van der Waals surface area contributed by atoms with Crippen LogP contribution in [0.1, 0.15) is 24.2 Å². The van der Waals surface area contributed by atoms with Gasteiger partial charge >= 0.3 is 0 Å². The lowest BCUT2D eigenvalue weighted by molar-refractivity contribution is -0.143. The normalized spacial score (nSPS) is 17.9. The number of amides is 3. The summed E-state index contributed by atoms with van der Waals surface area (Å²) in [6.45, 7) is 3.16. The lowest BCUT2D eigenvalue weighted by Crippen LogP contribution is -2.65. The molecule has 2 rings (SSSR count). The highest BCUT2D eigenvalue weighted by Crippen LogP contribution is 2.26. The monoisotopic (exact) mass is 292 g/mol. The first-order valence-corrected chi connectivity index (χ1v) is 7.39. The second-order valence-electron chi connectivity index (χ2n) is 5.03. The first kappa shape index (κ1) is 14.6. The number of benzene rings is 1. The number of thioether (sulfide) groups is 1. The molecule has 6 heteroatoms. The molecule has 1 aliphatic heterocycles. The maximum absolute atomic E-state index is 12.7. The van der Waals surface area contributed by atoms with Gasteiger partial charge in [0.05, 0.1) is 5.56 Å². The molecular weight excluding hydrogens is 276 g/mol. The van der Waals surface area contributed by atoms with Gasteiger partial charge in [-0.15, -0.1) is 11.8 Å². The van der Waals surface area contributed by atoms with Crippen molar-refractivity contribution in [1.82, 2.24) is 10.2 Å². The number of nitrogens with zero attached hydrogens (tertiary/aromatic N) is 1. The van der Waals surface area contributed by atoms with Crippen LogP contribution in [-0.4, -0.2) is 41.0 Å². The molecule has 0 unspecified atom stereocenters. The van der Waals surface area contributed by atoms with E-state index >= 15 is 0 Å². The van der Waals surface area contributed by atoms with Gasteiger partial charge in [0.15, 0.2) is 0 Å². The van der Waals surface area contributed by atoms with Gasteiger partial charge in [-0.3, -0.25) is 19.7 Å². The molecule has 1 aliphatic rings. The first-order valence-electron chi connectivity index (χ1n) is 6.17. The van der Waals surface area contributed by atoms with E-state index in [1.807, 2.05) is 18.4 Å². The summed E-state index contributed by atoms with van der Waals surface area (Å²) in [7, 11) is 0. The predicted octanol–water partition coefficient (Wildman–Crippen LogP) is 1.29. The summed E-state index contributed by atoms with van der Waals surface area (Å²) >= 11 is 1.46. The molecule has 1 saturated heterocycles. The molecule has 106 valence electrons. The van der Waals surface area contributed by atoms with Crippen molar-refractivity contribution in [3.63, 3.8) is 0 Å². The minimum atomic E-state index is -1.05. The summed E-state index contributed by atoms with van der Waals surface area (Å²) in [6, 6.07) is 7.17. The van der Waals surface area contributed by atoms with Gasteiger partial charge in [-0.2, -0.15) is 0 Å². The number of hydrogen-bond donors (Lipinski definition) is 1. The smallest absolute Gasteiger partial charge is 0.256 e. The Morgan fingerprint density at radius 2 is 1.95 bits per heavy atom. The highest BCUT2D eigenvalue weighted by molar-refractivity contribution is 7.98. The molecule has 0 aromatic heterocycles. The lowest BCUT2D eigenvalue weighted by atomic mass is 9.97. The van der Waals surface area contributed by atoms with E-state index in [1.54, 1.807) is 26.0 Å². The minimum Gasteiger partial charge on any atom is -0.315 e. The van der Waals surface area contributed by atoms with E-state index in [9.17, 15) is 14.4 Å². The Bertz CT molecular complexity index is 584. The minimum absolute atomic E-state index is 0.111. The summed E-state index contributed by atoms with van der Waals surface area (Å²) < 4.78 is 0. The zero-order chi connectivity index (χ0) is 14.9. The van der Waals surface area contributed by atoms with E-state index in [0.29, 0.717) is 5.56 Å². The van der Waals surface area contributed by atoms with Gasteiger partial charge in [0.2, 0.25) is 5.91 Å². The summed E-state index contributed by atoms with van der Waals surface area (Å²) in [5.74, 6) is -1.21. The number of piperazine rings is 1. The molecule has 1 heterocycles. The van der Waals surface area contributed by atoms with Crippen molar-refractivity contribution in [1.29, 1.82) is 0 Å². The molecule has 0 radical (unpaired) electrons. The fourth-order valence-electron chi connectivity index (χ4n) is 2.08. The SMILES string of the molecule is CSc1ccccc1C(=O)N1CC(=O)NC(=O)C1(C)C. The summed E-state index contributed by atoms with van der Waals surface area (Å²) in [5.41, 5.74) is -0.535. The van der Waals surface area contributed by atoms with Gasteiger partial charge in [0.1, 0.15) is 12.1 Å². The fraction of sp³-hybridized carbons (Fsp3) is 0.357. The average Bonchev–Trinajstić information content (AvgIpc) is 2.42. The van der Waals surface area contributed by atoms with Crippen molar-refractivity contribution < 1.29 is 14.4 Å². The maximum atomic E-state index is 12.7. The topological polar surface area (TPSA) is 66.5 Å². The Morgan fingerprint density at radius 1 is 1.30 bits per heavy atom. The molecule has 1 aromatic carbocycles. The Balaban J connectivity index is 2.41. The molecule has 1 N–H and O–H groups in total. The molecule has 0 aliphatic carbocycles. The summed E-state index contributed by atoms with van der Waals surface area (Å²) in [4.78, 5) is 38.2. The number of carbonyl (C=O) groups excluding carboxylic acids is 3. The van der Waals surface area contributed by atoms with Crippen molar-refractivity contribution in [2.24, 2.45) is 0 Å². The number of hydrogen-bond acceptors (Lipinski definition) is 4. The van der Waals surface area contributed by atoms with Crippen molar-refractivity contribution in [3.8, 4) is 0 Å². The predicted molar refractivity (Wildman–Crippen MR) is 76.5 cm³/mol. The standard InChI is InChI=1S/C14H16N2O3S/c1-14(2)13(19)15-11(17)8-16(14)12(18)9-6-4-5-7-10(9)20-3/h4-7H,8H2,1-3H3,(H,15,17,19). The van der Waals surface area contributed by atoms with E-state index in [2.05, 4.69) is 5.32 Å². The largest absolute Gasteiger partial charge is 0.315 e. The quantitative estimate of drug-likeness (QED) is 0.659. The van der Waals surface area contributed by atoms with Crippen LogP contribution in [0.4, 0.5) is 0 Å². The van der Waals surface area contributed by atoms with Crippen LogP contribution < -0.4 is 5.32 Å². The molecule has 0 atom stereocenters. The molecule has 1 aromatic rings. The third-order valence-electron chi connectivity index (χ3n) is 3.37. The van der Waals surface area contributed by atoms with Gasteiger partial charge in [0, 0.05) is 4.90 Å². The Hall–Kier alpha value is -1.82. The molecule has 1 fully saturated rings. The van der Waals surface area contributed by atoms with Crippen molar-refractivity contribution >= 4 is 29.5 Å². The van der Waals surface area contributed by atoms with Gasteiger partial charge < -0.3 is 4.90 Å². The van der Waals surface area contributed by atoms with Crippen LogP contribution in [0.5, 0.6) is 0 Å². The fourth-order valence-corrected chi connectivity index (χ4v) is 2.67. The summed E-state index contributed by atoms with van der Waals surface area (Å²) in [5, 5.41) is 2.26. The highest BCUT2D eigenvalue weighted by atomic mass is 32.2. The van der Waals surface area contributed by atoms with E-state index in [-0.39, 0.29) is 12.5 Å². The van der Waals surface area contributed by atoms with Crippen LogP contribution in [0.25, 0.3) is 0 Å². The third kappa shape index (κ3) is 2.43. The van der Waals surface area contributed by atoms with Crippen LogP contribution in [0.15, 0.2) is 29.2 Å². The van der Waals surface area contributed by atoms with E-state index in [0.717, 1.165) is 4.90 Å². The van der Waals surface area contributed by atoms with Crippen LogP contribution in [0.3, 0.4) is 0 Å². The molecule has 3 amide bonds. The third-order valence-corrected chi connectivity index (χ3v) is 4.16. The van der Waals surface area contributed by atoms with E-state index < -0.39 is 17.4 Å². The average molecular weight is 292 g/mol. The van der Waals surface area contributed by atoms with Crippen LogP contribution in [0, 0.1) is 0 Å². The second-order valence-corrected chi connectivity index (χ2v) is 5.88. The van der Waals surface area contributed by atoms with Gasteiger partial charge in [-0.25, -0.2) is 0 Å². The zero-order valence-corrected chi connectivity index (χ0v) is 12.4. The highest BCUT2D eigenvalue weighted by Gasteiger charge is 2.44. The van der Waals surface area contributed by atoms with E-state index in [4.69, 9.17) is 0 Å². The Labute approximate surface area is 121 Å². The molecule has 20 heavy (non-hydrogen) atoms. The van der Waals surface area contributed by atoms with Crippen molar-refractivity contribution in [2.75, 3.05) is 12.8 Å². The van der Waals surface area contributed by atoms with Gasteiger partial charge in [-0.05, 0) is 32.2 Å². The Kier molecular flexibility index (Phi) is 3.85. The number of rotatable bonds is 2. The van der Waals surface area contributed by atoms with Crippen LogP contribution >= 0.6 is 11.8 Å². The number of nitrogens with one attached hydrogen (secondary N) is 1. The second kappa shape index (κ2) is 5.28. The number of carbonyl (C=O) groups is 3. The molecule has 0 spiro atoms. The lowest BCUT2D eigenvalue weighted by Gasteiger charge is -2.40. The van der Waals surface area contributed by atoms with Crippen molar-refractivity contribution in [3.05, 3.63) is 29.8 Å². The van der Waals surface area contributed by atoms with Gasteiger partial charge in [0.25, 0.3) is 11.8 Å². The molecule has 0 bridgehead atoms. The maximum Gasteiger partial charge on any atom is 0.256 e. The van der Waals surface area contributed by atoms with Crippen LogP contribution in [0.2, 0.25) is 0 Å². The summed E-state index contributed by atoms with van der Waals surface area (Å²) in [6.07, 6.45) is 1.88. The molecule has 0 saturated carbocycles. The Morgan fingerprint density at radius 3 is 2.60 bits per heavy atom. The van der Waals surface area contributed by atoms with Crippen molar-refractivity contribution in [2.45, 2.75) is 24.3 Å². The first-order chi connectivity index (χ1) is 9.37. The zero-order valence-electron chi connectivity index (χ0n) is 11.6. The number of imide groups is 1. The van der Waals surface area contributed by atoms with Crippen LogP contribution in [-0.2, 0) is 9.59 Å². The molecular formula is C14H16N2O3S. The van der Waals surface area contributed by atoms with Gasteiger partial charge in [-0.1, -0.05) is 12.1 Å². The molecule has 5 nitrogen and oxygen atoms in total.